The summed E-state index contributed by atoms with van der Waals surface area (Å²) in [5.74, 6) is -0.436. The van der Waals surface area contributed by atoms with Crippen molar-refractivity contribution in [1.29, 1.82) is 0 Å². The molecule has 0 aliphatic carbocycles. The van der Waals surface area contributed by atoms with E-state index in [0.29, 0.717) is 11.3 Å². The minimum atomic E-state index is -4.48. The van der Waals surface area contributed by atoms with Crippen LogP contribution in [-0.2, 0) is 39.4 Å². The van der Waals surface area contributed by atoms with Crippen molar-refractivity contribution in [3.8, 4) is 11.5 Å². The lowest BCUT2D eigenvalue weighted by Crippen LogP contribution is -2.45. The predicted octanol–water partition coefficient (Wildman–Crippen LogP) is 5.88. The molecule has 0 aromatic heterocycles. The fourth-order valence-electron chi connectivity index (χ4n) is 4.65. The van der Waals surface area contributed by atoms with Gasteiger partial charge in [-0.15, -0.1) is 0 Å². The van der Waals surface area contributed by atoms with Gasteiger partial charge in [-0.3, -0.25) is 14.9 Å². The van der Waals surface area contributed by atoms with Crippen molar-refractivity contribution in [2.75, 3.05) is 0 Å². The van der Waals surface area contributed by atoms with Gasteiger partial charge in [-0.05, 0) is 46.5 Å². The van der Waals surface area contributed by atoms with Crippen LogP contribution in [0.3, 0.4) is 0 Å². The normalized spacial score (nSPS) is 12.4. The Morgan fingerprint density at radius 2 is 1.21 bits per heavy atom. The molecule has 246 valence electrons. The topological polar surface area (TPSA) is 154 Å². The molecule has 5 aromatic rings. The van der Waals surface area contributed by atoms with E-state index in [4.69, 9.17) is 14.2 Å². The summed E-state index contributed by atoms with van der Waals surface area (Å²) in [4.78, 5) is 23.5. The number of esters is 1. The largest absolute Gasteiger partial charge is 0.485 e. The molecule has 0 radical (unpaired) electrons. The van der Waals surface area contributed by atoms with Gasteiger partial charge < -0.3 is 19.3 Å². The number of nitrogens with one attached hydrogen (secondary N) is 1. The van der Waals surface area contributed by atoms with Crippen LogP contribution in [0.15, 0.2) is 138 Å². The fourth-order valence-corrected chi connectivity index (χ4v) is 5.84. The summed E-state index contributed by atoms with van der Waals surface area (Å²) in [5, 5.41) is 22.7. The van der Waals surface area contributed by atoms with E-state index in [1.54, 1.807) is 36.4 Å². The van der Waals surface area contributed by atoms with Gasteiger partial charge in [0.15, 0.2) is 11.5 Å². The van der Waals surface area contributed by atoms with E-state index in [0.717, 1.165) is 35.4 Å². The maximum Gasteiger partial charge on any atom is 0.327 e. The average Bonchev–Trinajstić information content (AvgIpc) is 3.12. The number of rotatable bonds is 15. The third-order valence-corrected chi connectivity index (χ3v) is 8.67. The molecule has 0 amide bonds. The SMILES string of the molecule is O=C(OCc1ccccc1)C(NS(=O)(=O)c1ccc([N+](=O)[O-])cc1)C(O)c1ccc(OCc2ccccc2)c(OCc2ccccc2)c1. The van der Waals surface area contributed by atoms with Crippen LogP contribution in [0.1, 0.15) is 28.4 Å². The summed E-state index contributed by atoms with van der Waals surface area (Å²) >= 11 is 0. The first-order valence-electron chi connectivity index (χ1n) is 14.8. The fraction of sp³-hybridized carbons (Fsp3) is 0.139. The number of nitrogens with zero attached hydrogens (tertiary/aromatic N) is 1. The zero-order valence-electron chi connectivity index (χ0n) is 25.5. The summed E-state index contributed by atoms with van der Waals surface area (Å²) in [7, 11) is -4.48. The van der Waals surface area contributed by atoms with Crippen LogP contribution < -0.4 is 14.2 Å². The second kappa shape index (κ2) is 15.8. The number of carbonyl (C=O) groups is 1. The van der Waals surface area contributed by atoms with E-state index < -0.39 is 33.1 Å². The second-order valence-corrected chi connectivity index (χ2v) is 12.4. The highest BCUT2D eigenvalue weighted by molar-refractivity contribution is 7.89. The number of nitro groups is 1. The Balaban J connectivity index is 1.44. The molecule has 0 spiro atoms. The molecule has 0 saturated heterocycles. The van der Waals surface area contributed by atoms with Crippen LogP contribution in [0.5, 0.6) is 11.5 Å². The molecule has 5 aromatic carbocycles. The molecule has 0 aliphatic rings. The van der Waals surface area contributed by atoms with E-state index in [1.807, 2.05) is 60.7 Å². The van der Waals surface area contributed by atoms with Gasteiger partial charge in [0.1, 0.15) is 32.0 Å². The number of hydrogen-bond acceptors (Lipinski definition) is 9. The lowest BCUT2D eigenvalue weighted by molar-refractivity contribution is -0.384. The second-order valence-electron chi connectivity index (χ2n) is 10.6. The average molecular weight is 669 g/mol. The number of ether oxygens (including phenoxy) is 3. The Morgan fingerprint density at radius 3 is 1.73 bits per heavy atom. The summed E-state index contributed by atoms with van der Waals surface area (Å²) in [6.45, 7) is 0.213. The first kappa shape index (κ1) is 33.8. The van der Waals surface area contributed by atoms with Gasteiger partial charge in [-0.2, -0.15) is 4.72 Å². The number of nitro benzene ring substituents is 1. The van der Waals surface area contributed by atoms with Gasteiger partial charge in [0.25, 0.3) is 5.69 Å². The molecule has 0 fully saturated rings. The van der Waals surface area contributed by atoms with Crippen molar-refractivity contribution in [3.05, 3.63) is 166 Å². The molecule has 2 unspecified atom stereocenters. The van der Waals surface area contributed by atoms with Gasteiger partial charge in [0.05, 0.1) is 9.82 Å². The smallest absolute Gasteiger partial charge is 0.327 e. The molecule has 2 atom stereocenters. The molecule has 0 bridgehead atoms. The lowest BCUT2D eigenvalue weighted by Gasteiger charge is -2.24. The van der Waals surface area contributed by atoms with Crippen molar-refractivity contribution < 1.29 is 37.5 Å². The van der Waals surface area contributed by atoms with E-state index in [1.165, 1.54) is 12.1 Å². The molecular formula is C36H32N2O9S. The minimum absolute atomic E-state index is 0.137. The van der Waals surface area contributed by atoms with Crippen LogP contribution in [-0.4, -0.2) is 30.5 Å². The van der Waals surface area contributed by atoms with E-state index in [-0.39, 0.29) is 41.7 Å². The van der Waals surface area contributed by atoms with Gasteiger partial charge >= 0.3 is 5.97 Å². The summed E-state index contributed by atoms with van der Waals surface area (Å²) in [5.41, 5.74) is 2.26. The quantitative estimate of drug-likeness (QED) is 0.0791. The Kier molecular flexibility index (Phi) is 11.1. The maximum absolute atomic E-state index is 13.5. The van der Waals surface area contributed by atoms with Crippen molar-refractivity contribution in [1.82, 2.24) is 4.72 Å². The van der Waals surface area contributed by atoms with Crippen LogP contribution in [0.25, 0.3) is 0 Å². The maximum atomic E-state index is 13.5. The van der Waals surface area contributed by atoms with Crippen LogP contribution in [0, 0.1) is 10.1 Å². The first-order valence-corrected chi connectivity index (χ1v) is 16.3. The predicted molar refractivity (Wildman–Crippen MR) is 176 cm³/mol. The molecule has 48 heavy (non-hydrogen) atoms. The number of sulfonamides is 1. The van der Waals surface area contributed by atoms with Crippen molar-refractivity contribution in [2.45, 2.75) is 36.9 Å². The Labute approximate surface area is 277 Å². The standard InChI is InChI=1S/C36H32N2O9S/c39-35(29-16-21-32(45-23-26-10-4-1-5-11-26)33(22-29)46-24-27-12-6-2-7-13-27)34(36(40)47-25-28-14-8-3-9-15-28)37-48(43,44)31-19-17-30(18-20-31)38(41)42/h1-22,34-35,37,39H,23-25H2. The van der Waals surface area contributed by atoms with Crippen molar-refractivity contribution >= 4 is 21.7 Å². The molecule has 11 nitrogen and oxygen atoms in total. The third kappa shape index (κ3) is 9.04. The molecule has 0 aliphatic heterocycles. The summed E-state index contributed by atoms with van der Waals surface area (Å²) in [6.07, 6.45) is -1.75. The molecule has 0 heterocycles. The number of benzene rings is 5. The van der Waals surface area contributed by atoms with E-state index in [2.05, 4.69) is 4.72 Å². The number of non-ortho nitro benzene ring substituents is 1. The molecule has 12 heteroatoms. The van der Waals surface area contributed by atoms with Gasteiger partial charge in [-0.1, -0.05) is 97.1 Å². The van der Waals surface area contributed by atoms with Crippen molar-refractivity contribution in [3.63, 3.8) is 0 Å². The highest BCUT2D eigenvalue weighted by atomic mass is 32.2. The van der Waals surface area contributed by atoms with E-state index in [9.17, 15) is 28.4 Å². The van der Waals surface area contributed by atoms with Crippen molar-refractivity contribution in [2.24, 2.45) is 0 Å². The number of carbonyl (C=O) groups excluding carboxylic acids is 1. The number of hydrogen-bond donors (Lipinski definition) is 2. The number of aliphatic hydroxyl groups is 1. The highest BCUT2D eigenvalue weighted by Gasteiger charge is 2.35. The molecular weight excluding hydrogens is 636 g/mol. The highest BCUT2D eigenvalue weighted by Crippen LogP contribution is 2.33. The zero-order valence-corrected chi connectivity index (χ0v) is 26.4. The van der Waals surface area contributed by atoms with Crippen LogP contribution in [0.4, 0.5) is 5.69 Å². The van der Waals surface area contributed by atoms with Gasteiger partial charge in [-0.25, -0.2) is 8.42 Å². The summed E-state index contributed by atoms with van der Waals surface area (Å²) in [6, 6.07) is 34.5. The third-order valence-electron chi connectivity index (χ3n) is 7.22. The van der Waals surface area contributed by atoms with Gasteiger partial charge in [0, 0.05) is 12.1 Å². The Bertz CT molecular complexity index is 1920. The van der Waals surface area contributed by atoms with E-state index >= 15 is 0 Å². The molecule has 5 rings (SSSR count). The lowest BCUT2D eigenvalue weighted by atomic mass is 10.0. The minimum Gasteiger partial charge on any atom is -0.485 e. The monoisotopic (exact) mass is 668 g/mol. The summed E-state index contributed by atoms with van der Waals surface area (Å²) < 4.78 is 46.6. The van der Waals surface area contributed by atoms with Crippen LogP contribution in [0.2, 0.25) is 0 Å². The first-order chi connectivity index (χ1) is 23.2. The van der Waals surface area contributed by atoms with Gasteiger partial charge in [0.2, 0.25) is 10.0 Å². The van der Waals surface area contributed by atoms with Crippen LogP contribution >= 0.6 is 0 Å². The zero-order chi connectivity index (χ0) is 33.9. The Hall–Kier alpha value is -5.56. The molecule has 2 N–H and O–H groups in total. The number of aliphatic hydroxyl groups excluding tert-OH is 1. The Morgan fingerprint density at radius 1 is 0.708 bits per heavy atom. The molecule has 0 saturated carbocycles.